The van der Waals surface area contributed by atoms with Gasteiger partial charge in [0.2, 0.25) is 0 Å². The summed E-state index contributed by atoms with van der Waals surface area (Å²) >= 11 is 0. The van der Waals surface area contributed by atoms with Crippen molar-refractivity contribution >= 4 is 0 Å². The summed E-state index contributed by atoms with van der Waals surface area (Å²) in [5.74, 6) is 0.422. The lowest BCUT2D eigenvalue weighted by molar-refractivity contribution is 0.411. The smallest absolute Gasteiger partial charge is 0.125 e. The first-order chi connectivity index (χ1) is 7.46. The van der Waals surface area contributed by atoms with E-state index in [-0.39, 0.29) is 22.3 Å². The topological polar surface area (TPSA) is 40.5 Å². The average Bonchev–Trinajstić information content (AvgIpc) is 2.10. The predicted molar refractivity (Wildman–Crippen MR) is 71.9 cm³/mol. The summed E-state index contributed by atoms with van der Waals surface area (Å²) in [6, 6.07) is 1.93. The molecule has 0 aliphatic rings. The lowest BCUT2D eigenvalue weighted by Crippen LogP contribution is -2.17. The van der Waals surface area contributed by atoms with Crippen LogP contribution < -0.4 is 0 Å². The second-order valence-corrected chi connectivity index (χ2v) is 6.79. The Labute approximate surface area is 104 Å². The van der Waals surface area contributed by atoms with E-state index in [4.69, 9.17) is 0 Å². The fraction of sp³-hybridized carbons (Fsp3) is 0.600. The van der Waals surface area contributed by atoms with Gasteiger partial charge < -0.3 is 10.2 Å². The highest BCUT2D eigenvalue weighted by molar-refractivity contribution is 5.56. The Balaban J connectivity index is 3.63. The number of hydrogen-bond donors (Lipinski definition) is 2. The molecule has 0 saturated carbocycles. The van der Waals surface area contributed by atoms with E-state index in [2.05, 4.69) is 41.5 Å². The largest absolute Gasteiger partial charge is 0.507 e. The van der Waals surface area contributed by atoms with E-state index in [0.717, 1.165) is 11.1 Å². The summed E-state index contributed by atoms with van der Waals surface area (Å²) < 4.78 is 0. The molecule has 0 amide bonds. The van der Waals surface area contributed by atoms with E-state index < -0.39 is 0 Å². The Hall–Kier alpha value is -1.18. The maximum Gasteiger partial charge on any atom is 0.125 e. The van der Waals surface area contributed by atoms with Crippen molar-refractivity contribution in [2.45, 2.75) is 59.3 Å². The van der Waals surface area contributed by atoms with Crippen LogP contribution in [0.2, 0.25) is 0 Å². The van der Waals surface area contributed by atoms with Crippen molar-refractivity contribution in [2.75, 3.05) is 0 Å². The Morgan fingerprint density at radius 3 is 1.29 bits per heavy atom. The van der Waals surface area contributed by atoms with Gasteiger partial charge in [0.15, 0.2) is 0 Å². The van der Waals surface area contributed by atoms with Crippen LogP contribution in [0.3, 0.4) is 0 Å². The normalized spacial score (nSPS) is 12.9. The van der Waals surface area contributed by atoms with Gasteiger partial charge in [0.1, 0.15) is 11.5 Å². The van der Waals surface area contributed by atoms with Gasteiger partial charge in [-0.25, -0.2) is 0 Å². The highest BCUT2D eigenvalue weighted by Gasteiger charge is 2.27. The van der Waals surface area contributed by atoms with Crippen LogP contribution in [0.5, 0.6) is 11.5 Å². The summed E-state index contributed by atoms with van der Waals surface area (Å²) in [5, 5.41) is 20.3. The maximum absolute atomic E-state index is 10.1. The molecule has 0 unspecified atom stereocenters. The van der Waals surface area contributed by atoms with Crippen molar-refractivity contribution < 1.29 is 10.2 Å². The van der Waals surface area contributed by atoms with Gasteiger partial charge in [-0.05, 0) is 23.8 Å². The van der Waals surface area contributed by atoms with Crippen LogP contribution in [0.15, 0.2) is 6.07 Å². The molecule has 0 spiro atoms. The molecule has 2 heteroatoms. The number of benzene rings is 1. The first-order valence-corrected chi connectivity index (χ1v) is 6.02. The van der Waals surface area contributed by atoms with Crippen molar-refractivity contribution in [3.63, 3.8) is 0 Å². The van der Waals surface area contributed by atoms with Crippen LogP contribution in [0, 0.1) is 6.92 Å². The average molecular weight is 236 g/mol. The van der Waals surface area contributed by atoms with Crippen LogP contribution in [0.4, 0.5) is 0 Å². The highest BCUT2D eigenvalue weighted by atomic mass is 16.3. The number of phenols is 2. The SMILES string of the molecule is Cc1c(O)c(C(C)(C)C)cc(C(C)(C)C)c1O. The summed E-state index contributed by atoms with van der Waals surface area (Å²) in [5.41, 5.74) is 2.07. The molecule has 0 saturated heterocycles. The molecule has 0 heterocycles. The monoisotopic (exact) mass is 236 g/mol. The van der Waals surface area contributed by atoms with Crippen molar-refractivity contribution in [3.8, 4) is 11.5 Å². The molecule has 0 aliphatic carbocycles. The molecule has 0 bridgehead atoms. The Kier molecular flexibility index (Phi) is 3.21. The van der Waals surface area contributed by atoms with E-state index in [9.17, 15) is 10.2 Å². The zero-order valence-corrected chi connectivity index (χ0v) is 12.0. The molecule has 96 valence electrons. The zero-order valence-electron chi connectivity index (χ0n) is 12.0. The zero-order chi connectivity index (χ0) is 13.6. The van der Waals surface area contributed by atoms with Crippen LogP contribution in [-0.2, 0) is 10.8 Å². The second kappa shape index (κ2) is 3.94. The van der Waals surface area contributed by atoms with Gasteiger partial charge in [-0.3, -0.25) is 0 Å². The quantitative estimate of drug-likeness (QED) is 0.714. The fourth-order valence-corrected chi connectivity index (χ4v) is 1.94. The second-order valence-electron chi connectivity index (χ2n) is 6.79. The summed E-state index contributed by atoms with van der Waals surface area (Å²) in [4.78, 5) is 0. The Morgan fingerprint density at radius 1 is 0.765 bits per heavy atom. The first kappa shape index (κ1) is 13.9. The molecule has 2 N–H and O–H groups in total. The minimum absolute atomic E-state index is 0.136. The lowest BCUT2D eigenvalue weighted by atomic mass is 9.78. The number of rotatable bonds is 0. The minimum Gasteiger partial charge on any atom is -0.507 e. The molecular weight excluding hydrogens is 212 g/mol. The molecule has 17 heavy (non-hydrogen) atoms. The molecule has 2 nitrogen and oxygen atoms in total. The highest BCUT2D eigenvalue weighted by Crippen LogP contribution is 2.43. The fourth-order valence-electron chi connectivity index (χ4n) is 1.94. The third-order valence-electron chi connectivity index (χ3n) is 3.13. The maximum atomic E-state index is 10.1. The van der Waals surface area contributed by atoms with Crippen LogP contribution >= 0.6 is 0 Å². The molecule has 0 atom stereocenters. The Bertz CT molecular complexity index is 393. The van der Waals surface area contributed by atoms with E-state index in [1.54, 1.807) is 6.92 Å². The van der Waals surface area contributed by atoms with Crippen LogP contribution in [0.1, 0.15) is 58.2 Å². The van der Waals surface area contributed by atoms with Gasteiger partial charge >= 0.3 is 0 Å². The summed E-state index contributed by atoms with van der Waals surface area (Å²) in [6.07, 6.45) is 0. The molecule has 0 fully saturated rings. The van der Waals surface area contributed by atoms with E-state index in [1.807, 2.05) is 6.07 Å². The van der Waals surface area contributed by atoms with Gasteiger partial charge in [-0.2, -0.15) is 0 Å². The summed E-state index contributed by atoms with van der Waals surface area (Å²) in [7, 11) is 0. The third kappa shape index (κ3) is 2.56. The van der Waals surface area contributed by atoms with Gasteiger partial charge in [0.25, 0.3) is 0 Å². The summed E-state index contributed by atoms with van der Waals surface area (Å²) in [6.45, 7) is 14.1. The molecule has 1 aromatic carbocycles. The standard InChI is InChI=1S/C15H24O2/c1-9-12(16)10(14(2,3)4)8-11(13(9)17)15(5,6)7/h8,16-17H,1-7H3. The number of aromatic hydroxyl groups is 2. The lowest BCUT2D eigenvalue weighted by Gasteiger charge is -2.28. The van der Waals surface area contributed by atoms with Crippen molar-refractivity contribution in [1.82, 2.24) is 0 Å². The molecule has 0 radical (unpaired) electrons. The molecule has 0 aliphatic heterocycles. The predicted octanol–water partition coefficient (Wildman–Crippen LogP) is 4.00. The third-order valence-corrected chi connectivity index (χ3v) is 3.13. The minimum atomic E-state index is -0.136. The van der Waals surface area contributed by atoms with E-state index in [0.29, 0.717) is 5.56 Å². The number of phenolic OH excluding ortho intramolecular Hbond substituents is 2. The van der Waals surface area contributed by atoms with Crippen LogP contribution in [-0.4, -0.2) is 10.2 Å². The molecule has 1 rings (SSSR count). The molecule has 0 aromatic heterocycles. The van der Waals surface area contributed by atoms with Crippen molar-refractivity contribution in [3.05, 3.63) is 22.8 Å². The molecular formula is C15H24O2. The number of hydrogen-bond acceptors (Lipinski definition) is 2. The van der Waals surface area contributed by atoms with Crippen molar-refractivity contribution in [1.29, 1.82) is 0 Å². The van der Waals surface area contributed by atoms with E-state index in [1.165, 1.54) is 0 Å². The first-order valence-electron chi connectivity index (χ1n) is 6.02. The van der Waals surface area contributed by atoms with Crippen molar-refractivity contribution in [2.24, 2.45) is 0 Å². The Morgan fingerprint density at radius 2 is 1.06 bits per heavy atom. The van der Waals surface area contributed by atoms with Gasteiger partial charge in [-0.1, -0.05) is 41.5 Å². The van der Waals surface area contributed by atoms with Gasteiger partial charge in [-0.15, -0.1) is 0 Å². The molecule has 1 aromatic rings. The van der Waals surface area contributed by atoms with Gasteiger partial charge in [0, 0.05) is 16.7 Å². The van der Waals surface area contributed by atoms with E-state index >= 15 is 0 Å². The van der Waals surface area contributed by atoms with Gasteiger partial charge in [0.05, 0.1) is 0 Å². The van der Waals surface area contributed by atoms with Crippen LogP contribution in [0.25, 0.3) is 0 Å².